The summed E-state index contributed by atoms with van der Waals surface area (Å²) in [7, 11) is 0. The second-order valence-electron chi connectivity index (χ2n) is 9.57. The van der Waals surface area contributed by atoms with Crippen molar-refractivity contribution in [2.75, 3.05) is 0 Å². The van der Waals surface area contributed by atoms with Crippen molar-refractivity contribution in [3.05, 3.63) is 0 Å². The van der Waals surface area contributed by atoms with Crippen molar-refractivity contribution >= 4 is 5.78 Å². The Bertz CT molecular complexity index is 587. The second-order valence-corrected chi connectivity index (χ2v) is 9.57. The van der Waals surface area contributed by atoms with Crippen LogP contribution in [-0.4, -0.2) is 29.7 Å². The van der Waals surface area contributed by atoms with Crippen molar-refractivity contribution in [2.45, 2.75) is 82.7 Å². The van der Waals surface area contributed by atoms with Crippen molar-refractivity contribution < 1.29 is 14.3 Å². The zero-order valence-corrected chi connectivity index (χ0v) is 13.6. The Balaban J connectivity index is 1.42. The zero-order chi connectivity index (χ0) is 14.9. The number of ether oxygens (including phenoxy) is 2. The van der Waals surface area contributed by atoms with Crippen molar-refractivity contribution in [1.82, 2.24) is 0 Å². The molecule has 120 valence electrons. The molecule has 3 heteroatoms. The normalized spacial score (nSPS) is 67.5. The van der Waals surface area contributed by atoms with Crippen LogP contribution in [0.3, 0.4) is 0 Å². The monoisotopic (exact) mass is 302 g/mol. The Labute approximate surface area is 132 Å². The standard InChI is InChI=1S/C19H26O3/c1-17-6-5-12-10(11(17)3-4-15(17)20)7-16-19(22-16)9-14-13(21-14)8-18(12,19)2/h10-14,16H,3-9H2,1-2H3/t10-,11-,12-,13+,14-,16-,17-,18+,19-/m0/s1. The van der Waals surface area contributed by atoms with Gasteiger partial charge in [-0.3, -0.25) is 4.79 Å². The number of rotatable bonds is 0. The summed E-state index contributed by atoms with van der Waals surface area (Å²) in [5.74, 6) is 2.63. The third kappa shape index (κ3) is 1.22. The lowest BCUT2D eigenvalue weighted by Gasteiger charge is -2.57. The molecule has 9 atom stereocenters. The summed E-state index contributed by atoms with van der Waals surface area (Å²) in [5, 5.41) is 0. The molecular weight excluding hydrogens is 276 g/mol. The number of fused-ring (bicyclic) bond motifs is 5. The van der Waals surface area contributed by atoms with Gasteiger partial charge in [-0.15, -0.1) is 0 Å². The van der Waals surface area contributed by atoms with Crippen LogP contribution in [-0.2, 0) is 14.3 Å². The first-order valence-corrected chi connectivity index (χ1v) is 9.35. The first kappa shape index (κ1) is 12.9. The van der Waals surface area contributed by atoms with Crippen molar-refractivity contribution in [2.24, 2.45) is 28.6 Å². The van der Waals surface area contributed by atoms with E-state index in [0.29, 0.717) is 41.3 Å². The van der Waals surface area contributed by atoms with E-state index >= 15 is 0 Å². The van der Waals surface area contributed by atoms with Gasteiger partial charge in [-0.1, -0.05) is 13.8 Å². The average Bonchev–Trinajstić information content (AvgIpc) is 3.34. The molecule has 1 spiro atoms. The van der Waals surface area contributed by atoms with Crippen molar-refractivity contribution in [1.29, 1.82) is 0 Å². The zero-order valence-electron chi connectivity index (χ0n) is 13.6. The lowest BCUT2D eigenvalue weighted by Crippen LogP contribution is -2.58. The quantitative estimate of drug-likeness (QED) is 0.646. The van der Waals surface area contributed by atoms with Gasteiger partial charge in [-0.2, -0.15) is 0 Å². The molecule has 6 rings (SSSR count). The Kier molecular flexibility index (Phi) is 2.05. The highest BCUT2D eigenvalue weighted by Gasteiger charge is 2.79. The number of hydrogen-bond acceptors (Lipinski definition) is 3. The van der Waals surface area contributed by atoms with Crippen molar-refractivity contribution in [3.63, 3.8) is 0 Å². The van der Waals surface area contributed by atoms with E-state index in [1.807, 2.05) is 0 Å². The van der Waals surface area contributed by atoms with Gasteiger partial charge in [0.2, 0.25) is 0 Å². The lowest BCUT2D eigenvalue weighted by atomic mass is 9.45. The Morgan fingerprint density at radius 3 is 2.77 bits per heavy atom. The molecule has 3 nitrogen and oxygen atoms in total. The fourth-order valence-corrected chi connectivity index (χ4v) is 7.69. The molecule has 0 N–H and O–H groups in total. The minimum atomic E-state index is -0.0142. The number of epoxide rings is 2. The predicted molar refractivity (Wildman–Crippen MR) is 80.3 cm³/mol. The molecule has 0 bridgehead atoms. The van der Waals surface area contributed by atoms with Crippen LogP contribution in [0.1, 0.15) is 58.8 Å². The lowest BCUT2D eigenvalue weighted by molar-refractivity contribution is -0.135. The van der Waals surface area contributed by atoms with E-state index in [9.17, 15) is 4.79 Å². The molecule has 6 aliphatic rings. The van der Waals surface area contributed by atoms with E-state index in [2.05, 4.69) is 13.8 Å². The molecule has 0 aromatic heterocycles. The summed E-state index contributed by atoms with van der Waals surface area (Å²) in [5.41, 5.74) is 0.424. The molecule has 4 aliphatic carbocycles. The second kappa shape index (κ2) is 3.49. The smallest absolute Gasteiger partial charge is 0.139 e. The van der Waals surface area contributed by atoms with E-state index in [-0.39, 0.29) is 11.0 Å². The van der Waals surface area contributed by atoms with Crippen LogP contribution in [0.2, 0.25) is 0 Å². The Morgan fingerprint density at radius 2 is 1.91 bits per heavy atom. The molecular formula is C19H26O3. The minimum Gasteiger partial charge on any atom is -0.369 e. The van der Waals surface area contributed by atoms with Crippen LogP contribution in [0.4, 0.5) is 0 Å². The maximum absolute atomic E-state index is 12.5. The summed E-state index contributed by atoms with van der Waals surface area (Å²) in [6.45, 7) is 4.77. The first-order valence-electron chi connectivity index (χ1n) is 9.35. The molecule has 0 radical (unpaired) electrons. The van der Waals surface area contributed by atoms with Gasteiger partial charge in [0.15, 0.2) is 0 Å². The van der Waals surface area contributed by atoms with Gasteiger partial charge in [-0.25, -0.2) is 0 Å². The van der Waals surface area contributed by atoms with Gasteiger partial charge in [-0.05, 0) is 49.9 Å². The molecule has 0 amide bonds. The third-order valence-corrected chi connectivity index (χ3v) is 9.05. The largest absolute Gasteiger partial charge is 0.369 e. The van der Waals surface area contributed by atoms with Gasteiger partial charge >= 0.3 is 0 Å². The van der Waals surface area contributed by atoms with Gasteiger partial charge in [0.05, 0.1) is 18.3 Å². The van der Waals surface area contributed by atoms with Gasteiger partial charge in [0, 0.05) is 23.7 Å². The number of Topliss-reactive ketones (excluding diaryl/α,β-unsaturated/α-hetero) is 1. The third-order valence-electron chi connectivity index (χ3n) is 9.05. The van der Waals surface area contributed by atoms with Crippen LogP contribution >= 0.6 is 0 Å². The number of carbonyl (C=O) groups excluding carboxylic acids is 1. The molecule has 2 saturated heterocycles. The fraction of sp³-hybridized carbons (Fsp3) is 0.947. The average molecular weight is 302 g/mol. The highest BCUT2D eigenvalue weighted by molar-refractivity contribution is 5.87. The summed E-state index contributed by atoms with van der Waals surface area (Å²) >= 11 is 0. The molecule has 4 saturated carbocycles. The fourth-order valence-electron chi connectivity index (χ4n) is 7.69. The summed E-state index contributed by atoms with van der Waals surface area (Å²) in [6, 6.07) is 0. The molecule has 2 heterocycles. The SMILES string of the molecule is C[C@]12CC[C@H]3[C@@H](C[C@@H]4O[C@@]45C[C@@H]4O[C@@H]4C[C@]35C)[C@@H]1CCC2=O. The molecule has 22 heavy (non-hydrogen) atoms. The number of carbonyl (C=O) groups is 1. The van der Waals surface area contributed by atoms with E-state index in [1.54, 1.807) is 0 Å². The minimum absolute atomic E-state index is 0.0142. The molecule has 0 unspecified atom stereocenters. The molecule has 6 fully saturated rings. The number of ketones is 1. The Hall–Kier alpha value is -0.410. The highest BCUT2D eigenvalue weighted by Crippen LogP contribution is 2.74. The van der Waals surface area contributed by atoms with Gasteiger partial charge < -0.3 is 9.47 Å². The highest BCUT2D eigenvalue weighted by atomic mass is 16.6. The van der Waals surface area contributed by atoms with Crippen molar-refractivity contribution in [3.8, 4) is 0 Å². The van der Waals surface area contributed by atoms with E-state index in [4.69, 9.17) is 9.47 Å². The van der Waals surface area contributed by atoms with Crippen LogP contribution in [0, 0.1) is 28.6 Å². The number of hydrogen-bond donors (Lipinski definition) is 0. The van der Waals surface area contributed by atoms with Crippen LogP contribution in [0.5, 0.6) is 0 Å². The van der Waals surface area contributed by atoms with E-state index in [0.717, 1.165) is 31.6 Å². The first-order chi connectivity index (χ1) is 10.5. The predicted octanol–water partition coefficient (Wildman–Crippen LogP) is 3.11. The maximum atomic E-state index is 12.5. The van der Waals surface area contributed by atoms with Crippen LogP contribution in [0.15, 0.2) is 0 Å². The summed E-state index contributed by atoms with van der Waals surface area (Å²) in [4.78, 5) is 12.5. The molecule has 0 aromatic rings. The van der Waals surface area contributed by atoms with E-state index < -0.39 is 0 Å². The van der Waals surface area contributed by atoms with Crippen LogP contribution in [0.25, 0.3) is 0 Å². The van der Waals surface area contributed by atoms with E-state index in [1.165, 1.54) is 19.3 Å². The van der Waals surface area contributed by atoms with Gasteiger partial charge in [0.1, 0.15) is 11.4 Å². The van der Waals surface area contributed by atoms with Gasteiger partial charge in [0.25, 0.3) is 0 Å². The summed E-state index contributed by atoms with van der Waals surface area (Å²) in [6.07, 6.45) is 9.33. The van der Waals surface area contributed by atoms with Crippen LogP contribution < -0.4 is 0 Å². The topological polar surface area (TPSA) is 42.1 Å². The molecule has 0 aromatic carbocycles. The summed E-state index contributed by atoms with van der Waals surface area (Å²) < 4.78 is 12.3. The Morgan fingerprint density at radius 1 is 1.09 bits per heavy atom. The maximum Gasteiger partial charge on any atom is 0.139 e. The molecule has 2 aliphatic heterocycles.